The number of rotatable bonds is 69. The summed E-state index contributed by atoms with van der Waals surface area (Å²) in [6.45, 7) is 3.93. The highest BCUT2D eigenvalue weighted by Gasteiger charge is 2.16. The van der Waals surface area contributed by atoms with Crippen LogP contribution in [0, 0.1) is 0 Å². The zero-order valence-corrected chi connectivity index (χ0v) is 59.7. The van der Waals surface area contributed by atoms with E-state index < -0.39 is 6.10 Å². The van der Waals surface area contributed by atoms with Gasteiger partial charge in [-0.15, -0.1) is 0 Å². The van der Waals surface area contributed by atoms with Crippen molar-refractivity contribution in [3.05, 3.63) is 182 Å². The van der Waals surface area contributed by atoms with Crippen molar-refractivity contribution in [2.75, 3.05) is 13.2 Å². The van der Waals surface area contributed by atoms with Crippen LogP contribution >= 0.6 is 0 Å². The van der Waals surface area contributed by atoms with Crippen LogP contribution in [-0.4, -0.2) is 36.4 Å². The van der Waals surface area contributed by atoms with Gasteiger partial charge in [-0.2, -0.15) is 0 Å². The van der Waals surface area contributed by atoms with Crippen LogP contribution in [0.5, 0.6) is 0 Å². The Bertz CT molecular complexity index is 2020. The summed E-state index contributed by atoms with van der Waals surface area (Å²) in [5.41, 5.74) is 0. The van der Waals surface area contributed by atoms with E-state index in [0.717, 1.165) is 135 Å². The number of hydrogen-bond acceptors (Lipinski definition) is 5. The molecule has 0 fully saturated rings. The zero-order valence-electron chi connectivity index (χ0n) is 59.7. The van der Waals surface area contributed by atoms with E-state index in [4.69, 9.17) is 9.47 Å². The normalized spacial score (nSPS) is 13.3. The largest absolute Gasteiger partial charge is 0.462 e. The van der Waals surface area contributed by atoms with Crippen LogP contribution in [0.1, 0.15) is 335 Å². The molecule has 0 aromatic heterocycles. The summed E-state index contributed by atoms with van der Waals surface area (Å²) in [7, 11) is 0. The molecule has 0 rings (SSSR count). The van der Waals surface area contributed by atoms with Gasteiger partial charge in [0, 0.05) is 12.8 Å². The van der Waals surface area contributed by atoms with Crippen LogP contribution in [0.4, 0.5) is 0 Å². The second kappa shape index (κ2) is 80.2. The van der Waals surface area contributed by atoms with E-state index in [9.17, 15) is 14.7 Å². The third-order valence-electron chi connectivity index (χ3n) is 16.2. The first kappa shape index (κ1) is 87.0. The molecule has 1 unspecified atom stereocenters. The van der Waals surface area contributed by atoms with E-state index in [2.05, 4.69) is 196 Å². The molecule has 0 saturated carbocycles. The zero-order chi connectivity index (χ0) is 66.1. The number of carbonyl (C=O) groups excluding carboxylic acids is 2. The molecule has 0 aliphatic carbocycles. The Balaban J connectivity index is 3.50. The van der Waals surface area contributed by atoms with E-state index in [1.54, 1.807) is 0 Å². The van der Waals surface area contributed by atoms with E-state index in [-0.39, 0.29) is 25.2 Å². The van der Waals surface area contributed by atoms with Gasteiger partial charge in [0.05, 0.1) is 6.61 Å². The van der Waals surface area contributed by atoms with Crippen molar-refractivity contribution in [3.63, 3.8) is 0 Å². The Morgan fingerprint density at radius 1 is 0.250 bits per heavy atom. The number of aliphatic hydroxyl groups is 1. The molecule has 0 radical (unpaired) electrons. The predicted molar refractivity (Wildman–Crippen MR) is 407 cm³/mol. The van der Waals surface area contributed by atoms with E-state index in [0.29, 0.717) is 12.8 Å². The molecule has 0 aromatic carbocycles. The summed E-state index contributed by atoms with van der Waals surface area (Å²) in [5, 5.41) is 9.73. The number of unbranched alkanes of at least 4 members (excludes halogenated alkanes) is 31. The monoisotopic (exact) mass is 1270 g/mol. The first-order valence-corrected chi connectivity index (χ1v) is 38.3. The van der Waals surface area contributed by atoms with Crippen molar-refractivity contribution in [3.8, 4) is 0 Å². The molecule has 5 heteroatoms. The van der Waals surface area contributed by atoms with E-state index >= 15 is 0 Å². The second-order valence-corrected chi connectivity index (χ2v) is 25.0. The number of esters is 2. The maximum atomic E-state index is 12.4. The lowest BCUT2D eigenvalue weighted by Gasteiger charge is -2.15. The highest BCUT2D eigenvalue weighted by atomic mass is 16.6. The minimum absolute atomic E-state index is 0.0715. The third kappa shape index (κ3) is 77.4. The van der Waals surface area contributed by atoms with Crippen molar-refractivity contribution in [1.29, 1.82) is 0 Å². The van der Waals surface area contributed by atoms with Gasteiger partial charge in [0.2, 0.25) is 0 Å². The van der Waals surface area contributed by atoms with Crippen LogP contribution in [0.3, 0.4) is 0 Å². The maximum Gasteiger partial charge on any atom is 0.306 e. The van der Waals surface area contributed by atoms with Crippen molar-refractivity contribution in [1.82, 2.24) is 0 Å². The fourth-order valence-electron chi connectivity index (χ4n) is 10.6. The third-order valence-corrected chi connectivity index (χ3v) is 16.2. The van der Waals surface area contributed by atoms with Gasteiger partial charge in [-0.3, -0.25) is 9.59 Å². The molecule has 5 nitrogen and oxygen atoms in total. The molecular formula is C87H142O5. The molecule has 0 amide bonds. The topological polar surface area (TPSA) is 72.8 Å². The summed E-state index contributed by atoms with van der Waals surface area (Å²) in [6, 6.07) is 0. The first-order valence-electron chi connectivity index (χ1n) is 38.3. The molecule has 92 heavy (non-hydrogen) atoms. The van der Waals surface area contributed by atoms with Gasteiger partial charge in [-0.1, -0.05) is 369 Å². The molecule has 1 atom stereocenters. The molecule has 0 aliphatic rings. The summed E-state index contributed by atoms with van der Waals surface area (Å²) in [4.78, 5) is 24.7. The van der Waals surface area contributed by atoms with Crippen molar-refractivity contribution >= 4 is 11.9 Å². The highest BCUT2D eigenvalue weighted by molar-refractivity contribution is 5.70. The Kier molecular flexibility index (Phi) is 75.9. The first-order chi connectivity index (χ1) is 45.6. The Labute approximate surface area is 569 Å². The maximum absolute atomic E-state index is 12.4. The van der Waals surface area contributed by atoms with Gasteiger partial charge in [-0.25, -0.2) is 0 Å². The molecule has 0 heterocycles. The van der Waals surface area contributed by atoms with Gasteiger partial charge < -0.3 is 14.6 Å². The average molecular weight is 1270 g/mol. The standard InChI is InChI=1S/C87H142O5/c1-3-5-7-9-11-13-15-17-19-21-23-25-27-29-31-33-35-37-39-41-43-45-47-49-51-53-55-57-59-61-63-65-67-69-71-73-75-77-79-81-86(89)91-84-85(83-88)92-87(90)82-80-78-76-74-72-70-68-66-64-62-60-58-56-54-52-50-48-46-44-42-40-38-36-34-32-30-28-26-24-22-20-18-16-14-12-10-8-6-4-2/h5-8,11-14,17-20,23-26,29-32,35-38,41-44,48,50,85,88H,3-4,9-10,15-16,21-22,27-28,33-34,39-40,45-47,49,51-84H2,1-2H3/b7-5-,8-6-,13-11-,14-12-,19-17-,20-18-,25-23-,26-24-,31-29-,32-30-,37-35-,38-36-,43-41-,44-42-,50-48-. The summed E-state index contributed by atoms with van der Waals surface area (Å²) in [5.74, 6) is -0.588. The molecule has 0 saturated heterocycles. The smallest absolute Gasteiger partial charge is 0.306 e. The fourth-order valence-corrected chi connectivity index (χ4v) is 10.6. The van der Waals surface area contributed by atoms with Gasteiger partial charge in [-0.05, 0) is 135 Å². The lowest BCUT2D eigenvalue weighted by molar-refractivity contribution is -0.161. The Morgan fingerprint density at radius 2 is 0.435 bits per heavy atom. The van der Waals surface area contributed by atoms with Crippen LogP contribution in [-0.2, 0) is 19.1 Å². The lowest BCUT2D eigenvalue weighted by Crippen LogP contribution is -2.28. The molecule has 0 bridgehead atoms. The van der Waals surface area contributed by atoms with Gasteiger partial charge in [0.15, 0.2) is 6.10 Å². The minimum Gasteiger partial charge on any atom is -0.462 e. The van der Waals surface area contributed by atoms with Crippen LogP contribution in [0.15, 0.2) is 182 Å². The van der Waals surface area contributed by atoms with Crippen molar-refractivity contribution < 1.29 is 24.2 Å². The summed E-state index contributed by atoms with van der Waals surface area (Å²) < 4.78 is 10.8. The number of allylic oxidation sites excluding steroid dienone is 30. The van der Waals surface area contributed by atoms with Gasteiger partial charge in [0.1, 0.15) is 6.61 Å². The molecule has 520 valence electrons. The van der Waals surface area contributed by atoms with Crippen molar-refractivity contribution in [2.45, 2.75) is 341 Å². The molecule has 0 spiro atoms. The van der Waals surface area contributed by atoms with Crippen molar-refractivity contribution in [2.24, 2.45) is 0 Å². The molecular weight excluding hydrogens is 1120 g/mol. The molecule has 0 aliphatic heterocycles. The minimum atomic E-state index is -0.784. The summed E-state index contributed by atoms with van der Waals surface area (Å²) in [6.07, 6.45) is 125. The number of hydrogen-bond donors (Lipinski definition) is 1. The molecule has 0 aromatic rings. The fraction of sp³-hybridized carbons (Fsp3) is 0.632. The van der Waals surface area contributed by atoms with E-state index in [1.165, 1.54) is 173 Å². The van der Waals surface area contributed by atoms with E-state index in [1.807, 2.05) is 0 Å². The SMILES string of the molecule is CC/C=C\C/C=C\C/C=C\C/C=C\C/C=C\C/C=C\C/C=C\C/C=C\CCCCCCCCCCCCCCCCC(=O)OC(CO)COC(=O)CCCCCCCCCCCCCCCCCCC/C=C\C/C=C\C/C=C\C/C=C\C/C=C\C/C=C\C/C=C\CC. The van der Waals surface area contributed by atoms with Gasteiger partial charge in [0.25, 0.3) is 0 Å². The van der Waals surface area contributed by atoms with Crippen LogP contribution < -0.4 is 0 Å². The Hall–Kier alpha value is -5.00. The molecule has 1 N–H and O–H groups in total. The Morgan fingerprint density at radius 3 is 0.652 bits per heavy atom. The number of ether oxygens (including phenoxy) is 2. The summed E-state index contributed by atoms with van der Waals surface area (Å²) >= 11 is 0. The predicted octanol–water partition coefficient (Wildman–Crippen LogP) is 27.3. The lowest BCUT2D eigenvalue weighted by atomic mass is 10.0. The number of carbonyl (C=O) groups is 2. The van der Waals surface area contributed by atoms with Crippen LogP contribution in [0.2, 0.25) is 0 Å². The van der Waals surface area contributed by atoms with Gasteiger partial charge >= 0.3 is 11.9 Å². The quantitative estimate of drug-likeness (QED) is 0.0373. The average Bonchev–Trinajstić information content (AvgIpc) is 3.75. The second-order valence-electron chi connectivity index (χ2n) is 25.0. The number of aliphatic hydroxyl groups excluding tert-OH is 1. The van der Waals surface area contributed by atoms with Crippen LogP contribution in [0.25, 0.3) is 0 Å². The highest BCUT2D eigenvalue weighted by Crippen LogP contribution is 2.17.